The van der Waals surface area contributed by atoms with Crippen molar-refractivity contribution in [1.29, 1.82) is 0 Å². The number of ether oxygens (including phenoxy) is 2. The van der Waals surface area contributed by atoms with Gasteiger partial charge in [0.1, 0.15) is 23.7 Å². The van der Waals surface area contributed by atoms with Crippen LogP contribution in [0.4, 0.5) is 14.5 Å². The molecule has 0 saturated heterocycles. The van der Waals surface area contributed by atoms with E-state index in [1.807, 2.05) is 0 Å². The molecule has 8 heteroatoms. The second-order valence-corrected chi connectivity index (χ2v) is 4.81. The van der Waals surface area contributed by atoms with Gasteiger partial charge in [0.05, 0.1) is 5.69 Å². The van der Waals surface area contributed by atoms with Crippen molar-refractivity contribution in [1.82, 2.24) is 0 Å². The van der Waals surface area contributed by atoms with E-state index in [9.17, 15) is 23.2 Å². The molecule has 0 saturated carbocycles. The molecule has 1 N–H and O–H groups in total. The normalized spacial score (nSPS) is 10.0. The Morgan fingerprint density at radius 2 is 1.76 bits per heavy atom. The van der Waals surface area contributed by atoms with Gasteiger partial charge in [0.15, 0.2) is 13.2 Å². The van der Waals surface area contributed by atoms with Crippen molar-refractivity contribution in [3.05, 3.63) is 59.7 Å². The number of amides is 1. The molecule has 0 atom stereocenters. The maximum atomic E-state index is 13.4. The Kier molecular flexibility index (Phi) is 6.16. The van der Waals surface area contributed by atoms with Crippen molar-refractivity contribution in [3.8, 4) is 5.75 Å². The summed E-state index contributed by atoms with van der Waals surface area (Å²) in [5.41, 5.74) is 0.101. The van der Waals surface area contributed by atoms with Gasteiger partial charge >= 0.3 is 5.97 Å². The van der Waals surface area contributed by atoms with Crippen molar-refractivity contribution < 1.29 is 32.6 Å². The summed E-state index contributed by atoms with van der Waals surface area (Å²) in [6, 6.07) is 8.59. The summed E-state index contributed by atoms with van der Waals surface area (Å²) < 4.78 is 36.1. The fourth-order valence-electron chi connectivity index (χ4n) is 1.75. The lowest BCUT2D eigenvalue weighted by atomic mass is 10.2. The zero-order valence-electron chi connectivity index (χ0n) is 12.8. The van der Waals surface area contributed by atoms with Gasteiger partial charge in [-0.05, 0) is 36.4 Å². The van der Waals surface area contributed by atoms with E-state index in [1.54, 1.807) is 0 Å². The van der Waals surface area contributed by atoms with Crippen LogP contribution in [-0.2, 0) is 14.3 Å². The molecule has 0 unspecified atom stereocenters. The van der Waals surface area contributed by atoms with Gasteiger partial charge < -0.3 is 14.8 Å². The monoisotopic (exact) mass is 349 g/mol. The van der Waals surface area contributed by atoms with Crippen LogP contribution < -0.4 is 10.1 Å². The largest absolute Gasteiger partial charge is 0.482 e. The number of hydrogen-bond acceptors (Lipinski definition) is 5. The lowest BCUT2D eigenvalue weighted by Gasteiger charge is -2.08. The summed E-state index contributed by atoms with van der Waals surface area (Å²) in [7, 11) is 0. The summed E-state index contributed by atoms with van der Waals surface area (Å²) in [5, 5.41) is 2.09. The average Bonchev–Trinajstić information content (AvgIpc) is 2.61. The van der Waals surface area contributed by atoms with Crippen LogP contribution in [-0.4, -0.2) is 31.4 Å². The van der Waals surface area contributed by atoms with Crippen LogP contribution in [0.1, 0.15) is 10.4 Å². The third-order valence-corrected chi connectivity index (χ3v) is 2.94. The van der Waals surface area contributed by atoms with Crippen molar-refractivity contribution in [2.45, 2.75) is 0 Å². The van der Waals surface area contributed by atoms with Crippen molar-refractivity contribution in [2.24, 2.45) is 0 Å². The van der Waals surface area contributed by atoms with Crippen LogP contribution in [0.3, 0.4) is 0 Å². The van der Waals surface area contributed by atoms with E-state index in [4.69, 9.17) is 4.74 Å². The molecule has 2 aromatic rings. The lowest BCUT2D eigenvalue weighted by molar-refractivity contribution is -0.149. The van der Waals surface area contributed by atoms with Crippen LogP contribution in [0.2, 0.25) is 0 Å². The van der Waals surface area contributed by atoms with E-state index in [-0.39, 0.29) is 5.69 Å². The minimum absolute atomic E-state index is 0.342. The number of anilines is 1. The number of halogens is 2. The molecule has 0 radical (unpaired) electrons. The van der Waals surface area contributed by atoms with Crippen LogP contribution in [0.15, 0.2) is 42.5 Å². The molecule has 0 fully saturated rings. The van der Waals surface area contributed by atoms with Crippen LogP contribution in [0.25, 0.3) is 0 Å². The lowest BCUT2D eigenvalue weighted by Crippen LogP contribution is -2.24. The van der Waals surface area contributed by atoms with E-state index < -0.39 is 36.7 Å². The highest BCUT2D eigenvalue weighted by Crippen LogP contribution is 2.15. The quantitative estimate of drug-likeness (QED) is 0.613. The number of benzene rings is 2. The Bertz CT molecular complexity index is 777. The van der Waals surface area contributed by atoms with E-state index in [0.29, 0.717) is 17.6 Å². The minimum atomic E-state index is -0.826. The van der Waals surface area contributed by atoms with Gasteiger partial charge in [-0.25, -0.2) is 13.6 Å². The number of nitrogens with one attached hydrogen (secondary N) is 1. The standard InChI is InChI=1S/C17H13F2NO5/c18-12-3-6-14(19)15(7-12)20-16(22)9-25-17(23)10-24-13-4-1-11(8-21)2-5-13/h1-8H,9-10H2,(H,20,22). The summed E-state index contributed by atoms with van der Waals surface area (Å²) in [6.45, 7) is -1.13. The second-order valence-electron chi connectivity index (χ2n) is 4.81. The van der Waals surface area contributed by atoms with Crippen LogP contribution in [0, 0.1) is 11.6 Å². The minimum Gasteiger partial charge on any atom is -0.482 e. The molecule has 2 rings (SSSR count). The Morgan fingerprint density at radius 1 is 1.04 bits per heavy atom. The third-order valence-electron chi connectivity index (χ3n) is 2.94. The fourth-order valence-corrected chi connectivity index (χ4v) is 1.75. The number of esters is 1. The van der Waals surface area contributed by atoms with Crippen molar-refractivity contribution >= 4 is 23.9 Å². The number of carbonyl (C=O) groups is 3. The van der Waals surface area contributed by atoms with E-state index in [1.165, 1.54) is 24.3 Å². The molecule has 0 aromatic heterocycles. The molecule has 2 aromatic carbocycles. The van der Waals surface area contributed by atoms with Gasteiger partial charge in [0, 0.05) is 11.6 Å². The molecule has 1 amide bonds. The molecule has 0 aliphatic heterocycles. The maximum absolute atomic E-state index is 13.4. The first-order valence-corrected chi connectivity index (χ1v) is 7.06. The molecular formula is C17H13F2NO5. The van der Waals surface area contributed by atoms with Gasteiger partial charge in [0.2, 0.25) is 0 Å². The molecule has 0 aliphatic carbocycles. The first kappa shape index (κ1) is 18.1. The highest BCUT2D eigenvalue weighted by molar-refractivity contribution is 5.93. The zero-order chi connectivity index (χ0) is 18.2. The molecule has 130 valence electrons. The van der Waals surface area contributed by atoms with Crippen LogP contribution in [0.5, 0.6) is 5.75 Å². The zero-order valence-corrected chi connectivity index (χ0v) is 12.8. The van der Waals surface area contributed by atoms with E-state index >= 15 is 0 Å². The average molecular weight is 349 g/mol. The van der Waals surface area contributed by atoms with Gasteiger partial charge in [-0.2, -0.15) is 0 Å². The summed E-state index contributed by atoms with van der Waals surface area (Å²) in [4.78, 5) is 33.6. The number of rotatable bonds is 7. The van der Waals surface area contributed by atoms with Gasteiger partial charge in [-0.3, -0.25) is 9.59 Å². The highest BCUT2D eigenvalue weighted by atomic mass is 19.1. The van der Waals surface area contributed by atoms with Gasteiger partial charge in [-0.1, -0.05) is 0 Å². The number of carbonyl (C=O) groups excluding carboxylic acids is 3. The Balaban J connectivity index is 1.76. The fraction of sp³-hybridized carbons (Fsp3) is 0.118. The third kappa shape index (κ3) is 5.69. The first-order valence-electron chi connectivity index (χ1n) is 7.06. The molecule has 0 aliphatic rings. The summed E-state index contributed by atoms with van der Waals surface area (Å²) in [6.07, 6.45) is 0.665. The van der Waals surface area contributed by atoms with Crippen LogP contribution >= 0.6 is 0 Å². The summed E-state index contributed by atoms with van der Waals surface area (Å²) >= 11 is 0. The Morgan fingerprint density at radius 3 is 2.44 bits per heavy atom. The second kappa shape index (κ2) is 8.53. The van der Waals surface area contributed by atoms with Gasteiger partial charge in [-0.15, -0.1) is 0 Å². The Labute approximate surface area is 141 Å². The molecule has 0 heterocycles. The van der Waals surface area contributed by atoms with Crippen molar-refractivity contribution in [2.75, 3.05) is 18.5 Å². The molecule has 0 spiro atoms. The number of hydrogen-bond donors (Lipinski definition) is 1. The summed E-state index contributed by atoms with van der Waals surface area (Å²) in [5.74, 6) is -2.85. The SMILES string of the molecule is O=Cc1ccc(OCC(=O)OCC(=O)Nc2cc(F)ccc2F)cc1. The molecule has 6 nitrogen and oxygen atoms in total. The van der Waals surface area contributed by atoms with E-state index in [2.05, 4.69) is 10.1 Å². The number of aldehydes is 1. The predicted octanol–water partition coefficient (Wildman–Crippen LogP) is 2.34. The molecule has 0 bridgehead atoms. The maximum Gasteiger partial charge on any atom is 0.344 e. The predicted molar refractivity (Wildman–Crippen MR) is 83.3 cm³/mol. The molecule has 25 heavy (non-hydrogen) atoms. The van der Waals surface area contributed by atoms with E-state index in [0.717, 1.165) is 18.2 Å². The smallest absolute Gasteiger partial charge is 0.344 e. The molecular weight excluding hydrogens is 336 g/mol. The Hall–Kier alpha value is -3.29. The topological polar surface area (TPSA) is 81.7 Å². The highest BCUT2D eigenvalue weighted by Gasteiger charge is 2.11. The first-order chi connectivity index (χ1) is 12.0. The van der Waals surface area contributed by atoms with Gasteiger partial charge in [0.25, 0.3) is 5.91 Å². The van der Waals surface area contributed by atoms with Crippen molar-refractivity contribution in [3.63, 3.8) is 0 Å².